The van der Waals surface area contributed by atoms with Crippen molar-refractivity contribution in [2.24, 2.45) is 0 Å². The van der Waals surface area contributed by atoms with Crippen LogP contribution >= 0.6 is 0 Å². The number of nitrogens with one attached hydrogen (secondary N) is 1. The number of H-pyrrole nitrogens is 1. The van der Waals surface area contributed by atoms with E-state index in [0.717, 1.165) is 33.6 Å². The van der Waals surface area contributed by atoms with E-state index < -0.39 is 0 Å². The summed E-state index contributed by atoms with van der Waals surface area (Å²) in [6.07, 6.45) is 5.80. The summed E-state index contributed by atoms with van der Waals surface area (Å²) in [7, 11) is 0. The molecule has 1 atom stereocenters. The quantitative estimate of drug-likeness (QED) is 0.423. The zero-order valence-corrected chi connectivity index (χ0v) is 21.9. The molecule has 0 bridgehead atoms. The molecular formula is C27H34FN7O. The van der Waals surface area contributed by atoms with E-state index in [0.29, 0.717) is 49.3 Å². The van der Waals surface area contributed by atoms with Gasteiger partial charge in [0.25, 0.3) is 0 Å². The first-order valence-corrected chi connectivity index (χ1v) is 12.7. The Labute approximate surface area is 210 Å². The van der Waals surface area contributed by atoms with Crippen molar-refractivity contribution in [1.29, 1.82) is 0 Å². The number of hydrogen-bond donors (Lipinski definition) is 1. The van der Waals surface area contributed by atoms with E-state index in [1.165, 1.54) is 0 Å². The average molecular weight is 492 g/mol. The number of aromatic amines is 1. The van der Waals surface area contributed by atoms with Gasteiger partial charge in [0, 0.05) is 49.2 Å². The standard InChI is InChI=1S/C27H34FN7O/c1-7-19(36)12-33-8-9-34(16(4)11-33)27-24(28)23-21(10-29-27)32-25(22(23)15(2)3)20-13-35-26(30-14-31-35)18(6)17(20)5/h10,13-16,32H,7-9,11-12H2,1-6H3/t16-/m1/s1. The molecule has 8 nitrogen and oxygen atoms in total. The van der Waals surface area contributed by atoms with Crippen LogP contribution in [-0.2, 0) is 4.79 Å². The number of fused-ring (bicyclic) bond motifs is 2. The third kappa shape index (κ3) is 3.95. The van der Waals surface area contributed by atoms with Crippen LogP contribution in [0.3, 0.4) is 0 Å². The molecule has 4 aromatic heterocycles. The highest BCUT2D eigenvalue weighted by atomic mass is 19.1. The van der Waals surface area contributed by atoms with Crippen molar-refractivity contribution in [3.8, 4) is 11.3 Å². The van der Waals surface area contributed by atoms with Crippen molar-refractivity contribution >= 4 is 28.2 Å². The summed E-state index contributed by atoms with van der Waals surface area (Å²) in [6.45, 7) is 14.7. The Hall–Kier alpha value is -3.33. The number of piperazine rings is 1. The molecule has 4 aromatic rings. The van der Waals surface area contributed by atoms with Crippen LogP contribution in [0.5, 0.6) is 0 Å². The number of halogens is 1. The molecule has 1 N–H and O–H groups in total. The lowest BCUT2D eigenvalue weighted by atomic mass is 9.94. The van der Waals surface area contributed by atoms with Gasteiger partial charge in [0.1, 0.15) is 12.1 Å². The number of hydrogen-bond acceptors (Lipinski definition) is 6. The second-order valence-electron chi connectivity index (χ2n) is 10.2. The smallest absolute Gasteiger partial charge is 0.175 e. The van der Waals surface area contributed by atoms with Gasteiger partial charge in [-0.3, -0.25) is 9.69 Å². The van der Waals surface area contributed by atoms with Crippen molar-refractivity contribution in [3.05, 3.63) is 41.2 Å². The first-order valence-electron chi connectivity index (χ1n) is 12.7. The topological polar surface area (TPSA) is 82.4 Å². The van der Waals surface area contributed by atoms with Crippen molar-refractivity contribution in [3.63, 3.8) is 0 Å². The molecule has 0 aliphatic carbocycles. The first kappa shape index (κ1) is 24.4. The molecule has 36 heavy (non-hydrogen) atoms. The highest BCUT2D eigenvalue weighted by Gasteiger charge is 2.30. The average Bonchev–Trinajstić information content (AvgIpc) is 3.47. The largest absolute Gasteiger partial charge is 0.353 e. The summed E-state index contributed by atoms with van der Waals surface area (Å²) in [5, 5.41) is 4.93. The van der Waals surface area contributed by atoms with Gasteiger partial charge >= 0.3 is 0 Å². The Morgan fingerprint density at radius 3 is 2.69 bits per heavy atom. The van der Waals surface area contributed by atoms with E-state index in [2.05, 4.69) is 52.6 Å². The van der Waals surface area contributed by atoms with Crippen LogP contribution in [0.25, 0.3) is 27.8 Å². The van der Waals surface area contributed by atoms with E-state index in [4.69, 9.17) is 0 Å². The summed E-state index contributed by atoms with van der Waals surface area (Å²) in [6, 6.07) is 0.0448. The number of carbonyl (C=O) groups excluding carboxylic acids is 1. The molecular weight excluding hydrogens is 457 g/mol. The van der Waals surface area contributed by atoms with Crippen molar-refractivity contribution in [2.75, 3.05) is 31.1 Å². The summed E-state index contributed by atoms with van der Waals surface area (Å²) in [5.74, 6) is 0.403. The minimum Gasteiger partial charge on any atom is -0.353 e. The molecule has 1 fully saturated rings. The van der Waals surface area contributed by atoms with E-state index in [-0.39, 0.29) is 23.6 Å². The normalized spacial score (nSPS) is 17.1. The van der Waals surface area contributed by atoms with Crippen LogP contribution in [-0.4, -0.2) is 67.5 Å². The maximum atomic E-state index is 16.3. The molecule has 0 aromatic carbocycles. The molecule has 0 amide bonds. The minimum absolute atomic E-state index is 0.0448. The van der Waals surface area contributed by atoms with Gasteiger partial charge in [-0.2, -0.15) is 5.10 Å². The van der Waals surface area contributed by atoms with Gasteiger partial charge in [-0.25, -0.2) is 18.9 Å². The molecule has 5 heterocycles. The highest BCUT2D eigenvalue weighted by molar-refractivity contribution is 5.94. The zero-order valence-electron chi connectivity index (χ0n) is 21.9. The number of ketones is 1. The fourth-order valence-corrected chi connectivity index (χ4v) is 5.46. The zero-order chi connectivity index (χ0) is 25.7. The van der Waals surface area contributed by atoms with Crippen LogP contribution in [0, 0.1) is 19.7 Å². The Balaban J connectivity index is 1.59. The maximum Gasteiger partial charge on any atom is 0.175 e. The van der Waals surface area contributed by atoms with Gasteiger partial charge in [0.05, 0.1) is 24.0 Å². The number of rotatable bonds is 6. The highest BCUT2D eigenvalue weighted by Crippen LogP contribution is 2.40. The number of carbonyl (C=O) groups is 1. The van der Waals surface area contributed by atoms with E-state index in [1.54, 1.807) is 17.0 Å². The third-order valence-electron chi connectivity index (χ3n) is 7.55. The predicted octanol–water partition coefficient (Wildman–Crippen LogP) is 4.64. The molecule has 0 spiro atoms. The van der Waals surface area contributed by atoms with Crippen LogP contribution in [0.4, 0.5) is 10.2 Å². The van der Waals surface area contributed by atoms with Gasteiger partial charge in [0.15, 0.2) is 17.3 Å². The summed E-state index contributed by atoms with van der Waals surface area (Å²) in [5.41, 5.74) is 6.45. The predicted molar refractivity (Wildman–Crippen MR) is 140 cm³/mol. The van der Waals surface area contributed by atoms with Crippen molar-refractivity contribution < 1.29 is 9.18 Å². The molecule has 1 aliphatic rings. The molecule has 5 rings (SSSR count). The third-order valence-corrected chi connectivity index (χ3v) is 7.55. The lowest BCUT2D eigenvalue weighted by molar-refractivity contribution is -0.120. The number of pyridine rings is 2. The van der Waals surface area contributed by atoms with Crippen LogP contribution in [0.2, 0.25) is 0 Å². The number of anilines is 1. The number of Topliss-reactive ketones (excluding diaryl/α,β-unsaturated/α-hetero) is 1. The molecule has 0 saturated carbocycles. The van der Waals surface area contributed by atoms with Gasteiger partial charge < -0.3 is 9.88 Å². The molecule has 1 saturated heterocycles. The molecule has 190 valence electrons. The van der Waals surface area contributed by atoms with E-state index in [9.17, 15) is 4.79 Å². The first-order chi connectivity index (χ1) is 17.2. The van der Waals surface area contributed by atoms with Crippen molar-refractivity contribution in [2.45, 2.75) is 59.9 Å². The van der Waals surface area contributed by atoms with Crippen LogP contribution in [0.15, 0.2) is 18.7 Å². The molecule has 1 aliphatic heterocycles. The number of aryl methyl sites for hydroxylation is 1. The minimum atomic E-state index is -0.292. The van der Waals surface area contributed by atoms with Gasteiger partial charge in [0.2, 0.25) is 0 Å². The summed E-state index contributed by atoms with van der Waals surface area (Å²) >= 11 is 0. The second kappa shape index (κ2) is 9.28. The summed E-state index contributed by atoms with van der Waals surface area (Å²) < 4.78 is 18.1. The number of aromatic nitrogens is 5. The monoisotopic (exact) mass is 491 g/mol. The lowest BCUT2D eigenvalue weighted by Crippen LogP contribution is -2.53. The number of nitrogens with zero attached hydrogens (tertiary/aromatic N) is 6. The Morgan fingerprint density at radius 1 is 1.22 bits per heavy atom. The fourth-order valence-electron chi connectivity index (χ4n) is 5.46. The molecule has 9 heteroatoms. The summed E-state index contributed by atoms with van der Waals surface area (Å²) in [4.78, 5) is 28.5. The Kier molecular flexibility index (Phi) is 6.28. The van der Waals surface area contributed by atoms with Gasteiger partial charge in [-0.05, 0) is 43.4 Å². The maximum absolute atomic E-state index is 16.3. The molecule has 0 radical (unpaired) electrons. The Bertz CT molecular complexity index is 1450. The van der Waals surface area contributed by atoms with Crippen molar-refractivity contribution in [1.82, 2.24) is 29.5 Å². The second-order valence-corrected chi connectivity index (χ2v) is 10.2. The molecule has 0 unspecified atom stereocenters. The van der Waals surface area contributed by atoms with Gasteiger partial charge in [-0.1, -0.05) is 20.8 Å². The Morgan fingerprint density at radius 2 is 2.00 bits per heavy atom. The lowest BCUT2D eigenvalue weighted by Gasteiger charge is -2.40. The van der Waals surface area contributed by atoms with E-state index in [1.807, 2.05) is 24.9 Å². The van der Waals surface area contributed by atoms with Gasteiger partial charge in [-0.15, -0.1) is 0 Å². The van der Waals surface area contributed by atoms with Crippen LogP contribution < -0.4 is 4.90 Å². The fraction of sp³-hybridized carbons (Fsp3) is 0.481. The SMILES string of the molecule is CCC(=O)CN1CCN(c2ncc3[nH]c(-c4cn5ncnc5c(C)c4C)c(C(C)C)c3c2F)[C@H](C)C1. The van der Waals surface area contributed by atoms with Crippen LogP contribution in [0.1, 0.15) is 56.7 Å². The van der Waals surface area contributed by atoms with E-state index >= 15 is 4.39 Å².